The maximum absolute atomic E-state index is 6.07. The number of hydrogen-bond donors (Lipinski definition) is 2. The molecule has 2 aromatic rings. The molecule has 0 radical (unpaired) electrons. The van der Waals surface area contributed by atoms with E-state index in [0.29, 0.717) is 11.7 Å². The maximum Gasteiger partial charge on any atom is 0.153 e. The third kappa shape index (κ3) is 1.70. The highest BCUT2D eigenvalue weighted by atomic mass is 15.2. The molecule has 1 aromatic heterocycles. The van der Waals surface area contributed by atoms with Gasteiger partial charge in [-0.3, -0.25) is 5.10 Å². The van der Waals surface area contributed by atoms with Crippen LogP contribution in [0.5, 0.6) is 0 Å². The molecule has 1 fully saturated rings. The van der Waals surface area contributed by atoms with E-state index < -0.39 is 0 Å². The van der Waals surface area contributed by atoms with Crippen molar-refractivity contribution in [3.8, 4) is 11.1 Å². The second-order valence-electron chi connectivity index (χ2n) is 5.45. The van der Waals surface area contributed by atoms with Crippen LogP contribution < -0.4 is 5.73 Å². The van der Waals surface area contributed by atoms with E-state index in [-0.39, 0.29) is 0 Å². The van der Waals surface area contributed by atoms with E-state index in [4.69, 9.17) is 5.73 Å². The molecule has 0 amide bonds. The van der Waals surface area contributed by atoms with Crippen LogP contribution in [0.2, 0.25) is 0 Å². The summed E-state index contributed by atoms with van der Waals surface area (Å²) in [7, 11) is 0. The van der Waals surface area contributed by atoms with Gasteiger partial charge in [0.15, 0.2) is 5.82 Å². The highest BCUT2D eigenvalue weighted by molar-refractivity contribution is 5.81. The quantitative estimate of drug-likeness (QED) is 0.846. The van der Waals surface area contributed by atoms with Gasteiger partial charge in [-0.05, 0) is 50.3 Å². The molecule has 0 bridgehead atoms. The molecule has 3 rings (SSSR count). The van der Waals surface area contributed by atoms with Gasteiger partial charge in [0.25, 0.3) is 0 Å². The van der Waals surface area contributed by atoms with Crippen molar-refractivity contribution in [3.05, 3.63) is 34.5 Å². The third-order valence-corrected chi connectivity index (χ3v) is 3.73. The monoisotopic (exact) mass is 241 g/mol. The Morgan fingerprint density at radius 3 is 2.28 bits per heavy atom. The number of nitrogens with one attached hydrogen (secondary N) is 1. The highest BCUT2D eigenvalue weighted by Gasteiger charge is 2.30. The Morgan fingerprint density at radius 2 is 1.72 bits per heavy atom. The number of hydrogen-bond acceptors (Lipinski definition) is 2. The normalized spacial score (nSPS) is 15.1. The van der Waals surface area contributed by atoms with Gasteiger partial charge in [0, 0.05) is 17.2 Å². The summed E-state index contributed by atoms with van der Waals surface area (Å²) in [6.07, 6.45) is 2.50. The van der Waals surface area contributed by atoms with Crippen LogP contribution in [-0.4, -0.2) is 10.2 Å². The highest BCUT2D eigenvalue weighted by Crippen LogP contribution is 2.46. The number of aromatic nitrogens is 2. The van der Waals surface area contributed by atoms with E-state index >= 15 is 0 Å². The molecule has 94 valence electrons. The zero-order valence-electron chi connectivity index (χ0n) is 11.2. The molecular formula is C15H19N3. The lowest BCUT2D eigenvalue weighted by Crippen LogP contribution is -1.95. The molecule has 18 heavy (non-hydrogen) atoms. The first-order chi connectivity index (χ1) is 8.58. The molecule has 3 nitrogen and oxygen atoms in total. The molecule has 0 spiro atoms. The number of anilines is 1. The first-order valence-electron chi connectivity index (χ1n) is 6.50. The molecule has 0 atom stereocenters. The van der Waals surface area contributed by atoms with Crippen LogP contribution in [0, 0.1) is 20.8 Å². The number of nitrogens with two attached hydrogens (primary N) is 1. The molecule has 0 aliphatic heterocycles. The molecule has 1 aliphatic carbocycles. The SMILES string of the molecule is Cc1cc(C)c(-c2c(N)n[nH]c2C2CC2)c(C)c1. The van der Waals surface area contributed by atoms with Crippen molar-refractivity contribution in [2.75, 3.05) is 5.73 Å². The van der Waals surface area contributed by atoms with Crippen molar-refractivity contribution in [1.82, 2.24) is 10.2 Å². The molecule has 1 aromatic carbocycles. The van der Waals surface area contributed by atoms with Crippen molar-refractivity contribution in [1.29, 1.82) is 0 Å². The van der Waals surface area contributed by atoms with Crippen LogP contribution in [0.4, 0.5) is 5.82 Å². The first kappa shape index (κ1) is 11.3. The van der Waals surface area contributed by atoms with E-state index in [1.54, 1.807) is 0 Å². The molecule has 1 heterocycles. The fraction of sp³-hybridized carbons (Fsp3) is 0.400. The van der Waals surface area contributed by atoms with Crippen LogP contribution in [0.1, 0.15) is 41.1 Å². The number of H-pyrrole nitrogens is 1. The number of rotatable bonds is 2. The smallest absolute Gasteiger partial charge is 0.153 e. The van der Waals surface area contributed by atoms with Gasteiger partial charge >= 0.3 is 0 Å². The van der Waals surface area contributed by atoms with Crippen LogP contribution in [0.15, 0.2) is 12.1 Å². The zero-order valence-corrected chi connectivity index (χ0v) is 11.2. The van der Waals surface area contributed by atoms with Crippen molar-refractivity contribution >= 4 is 5.82 Å². The van der Waals surface area contributed by atoms with Gasteiger partial charge in [-0.15, -0.1) is 0 Å². The van der Waals surface area contributed by atoms with E-state index in [1.165, 1.54) is 40.8 Å². The second kappa shape index (κ2) is 3.87. The van der Waals surface area contributed by atoms with Crippen molar-refractivity contribution in [2.45, 2.75) is 39.5 Å². The predicted molar refractivity (Wildman–Crippen MR) is 74.6 cm³/mol. The Balaban J connectivity index is 2.23. The van der Waals surface area contributed by atoms with Gasteiger partial charge in [-0.25, -0.2) is 0 Å². The second-order valence-corrected chi connectivity index (χ2v) is 5.45. The van der Waals surface area contributed by atoms with E-state index in [1.807, 2.05) is 0 Å². The Labute approximate surface area is 107 Å². The van der Waals surface area contributed by atoms with Crippen LogP contribution >= 0.6 is 0 Å². The molecule has 0 unspecified atom stereocenters. The Kier molecular flexibility index (Phi) is 2.44. The Hall–Kier alpha value is -1.77. The largest absolute Gasteiger partial charge is 0.382 e. The predicted octanol–water partition coefficient (Wildman–Crippen LogP) is 3.46. The van der Waals surface area contributed by atoms with E-state index in [9.17, 15) is 0 Å². The summed E-state index contributed by atoms with van der Waals surface area (Å²) in [6, 6.07) is 4.43. The van der Waals surface area contributed by atoms with Crippen LogP contribution in [0.3, 0.4) is 0 Å². The molecule has 0 saturated heterocycles. The summed E-state index contributed by atoms with van der Waals surface area (Å²) < 4.78 is 0. The Bertz CT molecular complexity index is 583. The number of aryl methyl sites for hydroxylation is 3. The number of benzene rings is 1. The van der Waals surface area contributed by atoms with Gasteiger partial charge in [-0.2, -0.15) is 5.10 Å². The number of aromatic amines is 1. The maximum atomic E-state index is 6.07. The summed E-state index contributed by atoms with van der Waals surface area (Å²) in [6.45, 7) is 6.43. The van der Waals surface area contributed by atoms with Gasteiger partial charge in [0.1, 0.15) is 0 Å². The van der Waals surface area contributed by atoms with E-state index in [2.05, 4.69) is 43.1 Å². The third-order valence-electron chi connectivity index (χ3n) is 3.73. The van der Waals surface area contributed by atoms with Gasteiger partial charge in [0.05, 0.1) is 0 Å². The Morgan fingerprint density at radius 1 is 1.11 bits per heavy atom. The molecule has 1 saturated carbocycles. The zero-order chi connectivity index (χ0) is 12.9. The lowest BCUT2D eigenvalue weighted by atomic mass is 9.92. The van der Waals surface area contributed by atoms with Crippen molar-refractivity contribution in [3.63, 3.8) is 0 Å². The van der Waals surface area contributed by atoms with Crippen molar-refractivity contribution in [2.24, 2.45) is 0 Å². The minimum Gasteiger partial charge on any atom is -0.382 e. The first-order valence-corrected chi connectivity index (χ1v) is 6.50. The lowest BCUT2D eigenvalue weighted by Gasteiger charge is -2.12. The lowest BCUT2D eigenvalue weighted by molar-refractivity contribution is 0.968. The molecular weight excluding hydrogens is 222 g/mol. The topological polar surface area (TPSA) is 54.7 Å². The number of nitrogen functional groups attached to an aromatic ring is 1. The molecule has 3 heteroatoms. The van der Waals surface area contributed by atoms with Crippen molar-refractivity contribution < 1.29 is 0 Å². The van der Waals surface area contributed by atoms with Gasteiger partial charge in [0.2, 0.25) is 0 Å². The summed E-state index contributed by atoms with van der Waals surface area (Å²) in [5.74, 6) is 1.26. The summed E-state index contributed by atoms with van der Waals surface area (Å²) in [5, 5.41) is 7.34. The summed E-state index contributed by atoms with van der Waals surface area (Å²) in [4.78, 5) is 0. The van der Waals surface area contributed by atoms with E-state index in [0.717, 1.165) is 5.56 Å². The summed E-state index contributed by atoms with van der Waals surface area (Å²) in [5.41, 5.74) is 13.5. The van der Waals surface area contributed by atoms with Crippen LogP contribution in [0.25, 0.3) is 11.1 Å². The van der Waals surface area contributed by atoms with Gasteiger partial charge in [-0.1, -0.05) is 17.7 Å². The number of nitrogens with zero attached hydrogens (tertiary/aromatic N) is 1. The average Bonchev–Trinajstić information content (AvgIpc) is 3.04. The minimum absolute atomic E-state index is 0.630. The standard InChI is InChI=1S/C15H19N3/c1-8-6-9(2)12(10(3)7-8)13-14(11-4-5-11)17-18-15(13)16/h6-7,11H,4-5H2,1-3H3,(H3,16,17,18). The van der Waals surface area contributed by atoms with Gasteiger partial charge < -0.3 is 5.73 Å². The average molecular weight is 241 g/mol. The summed E-state index contributed by atoms with van der Waals surface area (Å²) >= 11 is 0. The molecule has 3 N–H and O–H groups in total. The molecule has 1 aliphatic rings. The van der Waals surface area contributed by atoms with Crippen LogP contribution in [-0.2, 0) is 0 Å². The fourth-order valence-corrected chi connectivity index (χ4v) is 2.87. The fourth-order valence-electron chi connectivity index (χ4n) is 2.87. The minimum atomic E-state index is 0.630.